The van der Waals surface area contributed by atoms with E-state index in [-0.39, 0.29) is 5.54 Å². The molecule has 0 spiro atoms. The first-order chi connectivity index (χ1) is 9.20. The van der Waals surface area contributed by atoms with E-state index in [2.05, 4.69) is 10.2 Å². The normalized spacial score (nSPS) is 20.1. The zero-order chi connectivity index (χ0) is 15.0. The minimum atomic E-state index is -4.65. The van der Waals surface area contributed by atoms with E-state index in [1.807, 2.05) is 13.8 Å². The second-order valence-electron chi connectivity index (χ2n) is 5.72. The number of nitrogens with zero attached hydrogens (tertiary/aromatic N) is 1. The van der Waals surface area contributed by atoms with Gasteiger partial charge in [0, 0.05) is 31.7 Å². The molecule has 0 bridgehead atoms. The molecule has 1 saturated heterocycles. The number of benzene rings is 1. The largest absolute Gasteiger partial charge is 0.419 e. The lowest BCUT2D eigenvalue weighted by Crippen LogP contribution is -2.57. The summed E-state index contributed by atoms with van der Waals surface area (Å²) in [7, 11) is 0. The minimum Gasteiger partial charge on any atom is -0.314 e. The molecule has 0 aliphatic carbocycles. The van der Waals surface area contributed by atoms with Crippen molar-refractivity contribution in [3.05, 3.63) is 35.1 Å². The lowest BCUT2D eigenvalue weighted by atomic mass is 9.98. The Morgan fingerprint density at radius 3 is 2.60 bits per heavy atom. The highest BCUT2D eigenvalue weighted by molar-refractivity contribution is 5.27. The highest BCUT2D eigenvalue weighted by Crippen LogP contribution is 2.32. The van der Waals surface area contributed by atoms with Crippen molar-refractivity contribution in [2.75, 3.05) is 19.6 Å². The molecule has 20 heavy (non-hydrogen) atoms. The second-order valence-corrected chi connectivity index (χ2v) is 5.72. The number of hydrogen-bond donors (Lipinski definition) is 1. The highest BCUT2D eigenvalue weighted by atomic mass is 19.4. The van der Waals surface area contributed by atoms with Crippen molar-refractivity contribution in [3.63, 3.8) is 0 Å². The predicted molar refractivity (Wildman–Crippen MR) is 68.8 cm³/mol. The molecule has 0 saturated carbocycles. The Morgan fingerprint density at radius 2 is 2.00 bits per heavy atom. The van der Waals surface area contributed by atoms with Crippen LogP contribution in [0.15, 0.2) is 18.2 Å². The van der Waals surface area contributed by atoms with Crippen LogP contribution in [-0.4, -0.2) is 30.1 Å². The number of nitrogens with one attached hydrogen (secondary N) is 1. The molecule has 0 unspecified atom stereocenters. The summed E-state index contributed by atoms with van der Waals surface area (Å²) in [6, 6.07) is 3.23. The molecule has 0 atom stereocenters. The predicted octanol–water partition coefficient (Wildman–Crippen LogP) is 3.03. The lowest BCUT2D eigenvalue weighted by molar-refractivity contribution is -0.140. The van der Waals surface area contributed by atoms with Gasteiger partial charge >= 0.3 is 6.18 Å². The molecule has 6 heteroatoms. The van der Waals surface area contributed by atoms with Gasteiger partial charge in [-0.25, -0.2) is 4.39 Å². The topological polar surface area (TPSA) is 15.3 Å². The summed E-state index contributed by atoms with van der Waals surface area (Å²) in [4.78, 5) is 2.11. The van der Waals surface area contributed by atoms with Crippen LogP contribution in [0.1, 0.15) is 25.0 Å². The molecule has 1 N–H and O–H groups in total. The van der Waals surface area contributed by atoms with E-state index in [1.165, 1.54) is 6.07 Å². The van der Waals surface area contributed by atoms with Crippen molar-refractivity contribution in [1.82, 2.24) is 10.2 Å². The van der Waals surface area contributed by atoms with Crippen molar-refractivity contribution < 1.29 is 17.6 Å². The quantitative estimate of drug-likeness (QED) is 0.842. The van der Waals surface area contributed by atoms with Gasteiger partial charge in [0.05, 0.1) is 5.56 Å². The molecule has 1 aliphatic heterocycles. The molecular weight excluding hydrogens is 272 g/mol. The van der Waals surface area contributed by atoms with Crippen molar-refractivity contribution in [1.29, 1.82) is 0 Å². The van der Waals surface area contributed by atoms with Crippen LogP contribution in [0.25, 0.3) is 0 Å². The van der Waals surface area contributed by atoms with Crippen molar-refractivity contribution >= 4 is 0 Å². The van der Waals surface area contributed by atoms with Crippen LogP contribution in [0.5, 0.6) is 0 Å². The van der Waals surface area contributed by atoms with Crippen LogP contribution < -0.4 is 5.32 Å². The van der Waals surface area contributed by atoms with Crippen LogP contribution in [-0.2, 0) is 12.7 Å². The minimum absolute atomic E-state index is 0.134. The van der Waals surface area contributed by atoms with Gasteiger partial charge in [-0.3, -0.25) is 4.90 Å². The Morgan fingerprint density at radius 1 is 1.30 bits per heavy atom. The average molecular weight is 290 g/mol. The molecule has 1 heterocycles. The number of rotatable bonds is 2. The monoisotopic (exact) mass is 290 g/mol. The maximum Gasteiger partial charge on any atom is 0.419 e. The van der Waals surface area contributed by atoms with Crippen LogP contribution in [0, 0.1) is 5.82 Å². The SMILES string of the molecule is CC1(C)CNCCN1Cc1ccc(F)c(C(F)(F)F)c1. The van der Waals surface area contributed by atoms with Crippen molar-refractivity contribution in [2.45, 2.75) is 32.1 Å². The second kappa shape index (κ2) is 5.33. The van der Waals surface area contributed by atoms with Gasteiger partial charge in [0.1, 0.15) is 5.82 Å². The molecule has 1 aliphatic rings. The number of alkyl halides is 3. The van der Waals surface area contributed by atoms with Gasteiger partial charge in [0.25, 0.3) is 0 Å². The summed E-state index contributed by atoms with van der Waals surface area (Å²) in [6.07, 6.45) is -4.65. The van der Waals surface area contributed by atoms with Crippen LogP contribution >= 0.6 is 0 Å². The first-order valence-electron chi connectivity index (χ1n) is 6.51. The van der Waals surface area contributed by atoms with E-state index in [4.69, 9.17) is 0 Å². The van der Waals surface area contributed by atoms with Crippen molar-refractivity contribution in [2.24, 2.45) is 0 Å². The maximum atomic E-state index is 13.3. The summed E-state index contributed by atoms with van der Waals surface area (Å²) >= 11 is 0. The Balaban J connectivity index is 2.22. The van der Waals surface area contributed by atoms with Gasteiger partial charge in [-0.1, -0.05) is 6.07 Å². The molecular formula is C14H18F4N2. The van der Waals surface area contributed by atoms with E-state index < -0.39 is 17.6 Å². The maximum absolute atomic E-state index is 13.3. The summed E-state index contributed by atoms with van der Waals surface area (Å²) in [5.74, 6) is -1.22. The molecule has 2 rings (SSSR count). The van der Waals surface area contributed by atoms with Crippen molar-refractivity contribution in [3.8, 4) is 0 Å². The van der Waals surface area contributed by atoms with Gasteiger partial charge in [-0.05, 0) is 31.5 Å². The first kappa shape index (κ1) is 15.3. The third-order valence-corrected chi connectivity index (χ3v) is 3.68. The highest BCUT2D eigenvalue weighted by Gasteiger charge is 2.35. The summed E-state index contributed by atoms with van der Waals surface area (Å²) < 4.78 is 51.3. The molecule has 2 nitrogen and oxygen atoms in total. The Labute approximate surface area is 115 Å². The number of piperazine rings is 1. The first-order valence-corrected chi connectivity index (χ1v) is 6.51. The Hall–Kier alpha value is -1.14. The zero-order valence-corrected chi connectivity index (χ0v) is 11.5. The molecule has 0 amide bonds. The fourth-order valence-electron chi connectivity index (χ4n) is 2.42. The number of halogens is 4. The van der Waals surface area contributed by atoms with Gasteiger partial charge in [-0.15, -0.1) is 0 Å². The molecule has 1 fully saturated rings. The van der Waals surface area contributed by atoms with Crippen LogP contribution in [0.4, 0.5) is 17.6 Å². The Kier molecular flexibility index (Phi) is 4.07. The summed E-state index contributed by atoms with van der Waals surface area (Å²) in [6.45, 7) is 6.79. The molecule has 0 radical (unpaired) electrons. The van der Waals surface area contributed by atoms with E-state index in [9.17, 15) is 17.6 Å². The fourth-order valence-corrected chi connectivity index (χ4v) is 2.42. The number of hydrogen-bond acceptors (Lipinski definition) is 2. The zero-order valence-electron chi connectivity index (χ0n) is 11.5. The standard InChI is InChI=1S/C14H18F4N2/c1-13(2)9-19-5-6-20(13)8-10-3-4-12(15)11(7-10)14(16,17)18/h3-4,7,19H,5-6,8-9H2,1-2H3. The van der Waals surface area contributed by atoms with Crippen LogP contribution in [0.2, 0.25) is 0 Å². The molecule has 0 aromatic heterocycles. The summed E-state index contributed by atoms with van der Waals surface area (Å²) in [5, 5.41) is 3.25. The third kappa shape index (κ3) is 3.30. The van der Waals surface area contributed by atoms with Gasteiger partial charge in [-0.2, -0.15) is 13.2 Å². The molecule has 1 aromatic carbocycles. The van der Waals surface area contributed by atoms with E-state index >= 15 is 0 Å². The smallest absolute Gasteiger partial charge is 0.314 e. The summed E-state index contributed by atoms with van der Waals surface area (Å²) in [5.41, 5.74) is -0.845. The van der Waals surface area contributed by atoms with Gasteiger partial charge < -0.3 is 5.32 Å². The van der Waals surface area contributed by atoms with E-state index in [0.29, 0.717) is 12.1 Å². The van der Waals surface area contributed by atoms with E-state index in [0.717, 1.165) is 31.8 Å². The van der Waals surface area contributed by atoms with Gasteiger partial charge in [0.15, 0.2) is 0 Å². The third-order valence-electron chi connectivity index (χ3n) is 3.68. The average Bonchev–Trinajstić information content (AvgIpc) is 2.32. The molecule has 112 valence electrons. The molecule has 1 aromatic rings. The lowest BCUT2D eigenvalue weighted by Gasteiger charge is -2.43. The Bertz CT molecular complexity index is 483. The van der Waals surface area contributed by atoms with Gasteiger partial charge in [0.2, 0.25) is 0 Å². The van der Waals surface area contributed by atoms with Crippen LogP contribution in [0.3, 0.4) is 0 Å². The van der Waals surface area contributed by atoms with E-state index in [1.54, 1.807) is 0 Å². The fraction of sp³-hybridized carbons (Fsp3) is 0.571.